The van der Waals surface area contributed by atoms with Crippen LogP contribution in [0.1, 0.15) is 6.92 Å². The Hall–Kier alpha value is -3.43. The third kappa shape index (κ3) is 36.0. The summed E-state index contributed by atoms with van der Waals surface area (Å²) in [5.74, 6) is -5.96. The van der Waals surface area contributed by atoms with Crippen LogP contribution in [-0.4, -0.2) is 55.4 Å². The number of hydrogen-bond acceptors (Lipinski definition) is 5. The van der Waals surface area contributed by atoms with E-state index in [-0.39, 0.29) is 5.57 Å². The molecule has 0 heterocycles. The van der Waals surface area contributed by atoms with Gasteiger partial charge in [-0.2, -0.15) is 0 Å². The highest BCUT2D eigenvalue weighted by Crippen LogP contribution is 1.81. The molecule has 10 nitrogen and oxygen atoms in total. The van der Waals surface area contributed by atoms with E-state index < -0.39 is 29.8 Å². The van der Waals surface area contributed by atoms with Crippen LogP contribution < -0.4 is 0 Å². The molecule has 0 bridgehead atoms. The molecular weight excluding hydrogens is 304 g/mol. The summed E-state index contributed by atoms with van der Waals surface area (Å²) in [4.78, 5) is 47.8. The first-order valence-electron chi connectivity index (χ1n) is 5.06. The molecule has 22 heavy (non-hydrogen) atoms. The van der Waals surface area contributed by atoms with Gasteiger partial charge in [0.15, 0.2) is 0 Å². The molecule has 0 aliphatic rings. The Morgan fingerprint density at radius 1 is 0.636 bits per heavy atom. The fraction of sp³-hybridized carbons (Fsp3) is 0.0833. The van der Waals surface area contributed by atoms with Gasteiger partial charge in [-0.3, -0.25) is 0 Å². The van der Waals surface area contributed by atoms with Gasteiger partial charge in [-0.05, 0) is 6.92 Å². The lowest BCUT2D eigenvalue weighted by Crippen LogP contribution is -1.92. The van der Waals surface area contributed by atoms with Gasteiger partial charge >= 0.3 is 29.8 Å². The van der Waals surface area contributed by atoms with Crippen LogP contribution in [0, 0.1) is 0 Å². The standard InChI is InChI=1S/2C4H4O4.C4H6O2/c2*5-3(6)1-2-4(7)8;1-3(2)4(5)6/h2*1-2H,(H,5,6)(H,7,8);1H2,2H3,(H,5,6). The van der Waals surface area contributed by atoms with Crippen molar-refractivity contribution in [2.24, 2.45) is 0 Å². The molecule has 0 rings (SSSR count). The van der Waals surface area contributed by atoms with Crippen molar-refractivity contribution in [2.75, 3.05) is 0 Å². The lowest BCUT2D eigenvalue weighted by molar-refractivity contribution is -0.134. The van der Waals surface area contributed by atoms with Crippen molar-refractivity contribution < 1.29 is 49.5 Å². The molecule has 0 aromatic rings. The second kappa shape index (κ2) is 14.0. The van der Waals surface area contributed by atoms with E-state index in [9.17, 15) is 24.0 Å². The average Bonchev–Trinajstić information content (AvgIpc) is 2.35. The Morgan fingerprint density at radius 2 is 0.773 bits per heavy atom. The van der Waals surface area contributed by atoms with Gasteiger partial charge in [0, 0.05) is 29.9 Å². The fourth-order valence-electron chi connectivity index (χ4n) is 0.285. The van der Waals surface area contributed by atoms with Crippen molar-refractivity contribution in [1.29, 1.82) is 0 Å². The monoisotopic (exact) mass is 318 g/mol. The van der Waals surface area contributed by atoms with E-state index in [1.807, 2.05) is 0 Å². The summed E-state index contributed by atoms with van der Waals surface area (Å²) >= 11 is 0. The second-order valence-corrected chi connectivity index (χ2v) is 3.11. The zero-order valence-corrected chi connectivity index (χ0v) is 11.3. The number of carboxylic acids is 5. The molecule has 0 spiro atoms. The average molecular weight is 318 g/mol. The summed E-state index contributed by atoms with van der Waals surface area (Å²) in [7, 11) is 0. The fourth-order valence-corrected chi connectivity index (χ4v) is 0.285. The van der Waals surface area contributed by atoms with Gasteiger partial charge in [-0.15, -0.1) is 0 Å². The summed E-state index contributed by atoms with van der Waals surface area (Å²) in [5.41, 5.74) is 0.176. The Labute approximate surface area is 123 Å². The van der Waals surface area contributed by atoms with E-state index in [1.165, 1.54) is 6.92 Å². The molecule has 0 aliphatic carbocycles. The molecule has 0 aromatic carbocycles. The van der Waals surface area contributed by atoms with Crippen molar-refractivity contribution >= 4 is 29.8 Å². The van der Waals surface area contributed by atoms with Crippen LogP contribution >= 0.6 is 0 Å². The molecule has 10 heteroatoms. The molecule has 5 N–H and O–H groups in total. The van der Waals surface area contributed by atoms with E-state index >= 15 is 0 Å². The van der Waals surface area contributed by atoms with Gasteiger partial charge in [0.1, 0.15) is 0 Å². The summed E-state index contributed by atoms with van der Waals surface area (Å²) < 4.78 is 0. The third-order valence-electron chi connectivity index (χ3n) is 1.10. The first-order valence-corrected chi connectivity index (χ1v) is 5.06. The summed E-state index contributed by atoms with van der Waals surface area (Å²) in [6, 6.07) is 0. The molecule has 0 atom stereocenters. The number of aliphatic carboxylic acids is 5. The largest absolute Gasteiger partial charge is 0.478 e. The maximum Gasteiger partial charge on any atom is 0.330 e. The van der Waals surface area contributed by atoms with Crippen LogP contribution in [0.3, 0.4) is 0 Å². The van der Waals surface area contributed by atoms with Gasteiger partial charge in [0.2, 0.25) is 0 Å². The molecule has 0 saturated heterocycles. The van der Waals surface area contributed by atoms with Crippen molar-refractivity contribution in [3.05, 3.63) is 36.5 Å². The quantitative estimate of drug-likeness (QED) is 0.434. The molecule has 122 valence electrons. The normalized spacial score (nSPS) is 8.95. The highest BCUT2D eigenvalue weighted by atomic mass is 16.4. The summed E-state index contributed by atoms with van der Waals surface area (Å²) in [6.07, 6.45) is 2.23. The van der Waals surface area contributed by atoms with Crippen molar-refractivity contribution in [1.82, 2.24) is 0 Å². The molecule has 0 unspecified atom stereocenters. The highest BCUT2D eigenvalue weighted by molar-refractivity contribution is 5.90. The van der Waals surface area contributed by atoms with Crippen molar-refractivity contribution in [3.8, 4) is 0 Å². The van der Waals surface area contributed by atoms with Crippen LogP contribution in [0.2, 0.25) is 0 Å². The van der Waals surface area contributed by atoms with E-state index in [0.717, 1.165) is 0 Å². The number of hydrogen-bond donors (Lipinski definition) is 5. The van der Waals surface area contributed by atoms with Gasteiger partial charge in [0.05, 0.1) is 0 Å². The SMILES string of the molecule is C=C(C)C(=O)O.O=C(O)C=CC(=O)O.O=C(O)C=CC(=O)O. The highest BCUT2D eigenvalue weighted by Gasteiger charge is 1.90. The molecule has 0 amide bonds. The number of rotatable bonds is 5. The lowest BCUT2D eigenvalue weighted by atomic mass is 10.4. The zero-order valence-electron chi connectivity index (χ0n) is 11.3. The molecule has 0 aromatic heterocycles. The maximum absolute atomic E-state index is 9.60. The summed E-state index contributed by atoms with van der Waals surface area (Å²) in [5, 5.41) is 39.1. The first kappa shape index (κ1) is 23.6. The minimum atomic E-state index is -1.26. The topological polar surface area (TPSA) is 186 Å². The lowest BCUT2D eigenvalue weighted by Gasteiger charge is -1.79. The zero-order chi connectivity index (χ0) is 18.3. The van der Waals surface area contributed by atoms with Crippen LogP contribution in [0.5, 0.6) is 0 Å². The smallest absolute Gasteiger partial charge is 0.330 e. The predicted molar refractivity (Wildman–Crippen MR) is 71.3 cm³/mol. The second-order valence-electron chi connectivity index (χ2n) is 3.11. The Kier molecular flexibility index (Phi) is 15.0. The summed E-state index contributed by atoms with van der Waals surface area (Å²) in [6.45, 7) is 4.60. The molecule has 0 saturated carbocycles. The number of carboxylic acid groups (broad SMARTS) is 5. The number of carbonyl (C=O) groups is 5. The minimum Gasteiger partial charge on any atom is -0.478 e. The van der Waals surface area contributed by atoms with Crippen LogP contribution in [0.15, 0.2) is 36.5 Å². The van der Waals surface area contributed by atoms with Crippen molar-refractivity contribution in [3.63, 3.8) is 0 Å². The van der Waals surface area contributed by atoms with Gasteiger partial charge < -0.3 is 25.5 Å². The van der Waals surface area contributed by atoms with E-state index in [2.05, 4.69) is 6.58 Å². The van der Waals surface area contributed by atoms with E-state index in [4.69, 9.17) is 25.5 Å². The van der Waals surface area contributed by atoms with Crippen LogP contribution in [0.25, 0.3) is 0 Å². The maximum atomic E-state index is 9.60. The van der Waals surface area contributed by atoms with Crippen LogP contribution in [0.4, 0.5) is 0 Å². The minimum absolute atomic E-state index is 0.176. The van der Waals surface area contributed by atoms with E-state index in [0.29, 0.717) is 24.3 Å². The van der Waals surface area contributed by atoms with Gasteiger partial charge in [-0.25, -0.2) is 24.0 Å². The third-order valence-corrected chi connectivity index (χ3v) is 1.10. The molecule has 0 aliphatic heterocycles. The molecule has 0 fully saturated rings. The molecular formula is C12H14O10. The Morgan fingerprint density at radius 3 is 0.818 bits per heavy atom. The predicted octanol–water partition coefficient (Wildman–Crippen LogP) is 0.0707. The van der Waals surface area contributed by atoms with Gasteiger partial charge in [-0.1, -0.05) is 6.58 Å². The van der Waals surface area contributed by atoms with Crippen molar-refractivity contribution in [2.45, 2.75) is 6.92 Å². The van der Waals surface area contributed by atoms with E-state index in [1.54, 1.807) is 0 Å². The Balaban J connectivity index is -0.000000249. The van der Waals surface area contributed by atoms with Crippen LogP contribution in [-0.2, 0) is 24.0 Å². The van der Waals surface area contributed by atoms with Gasteiger partial charge in [0.25, 0.3) is 0 Å². The molecule has 0 radical (unpaired) electrons. The Bertz CT molecular complexity index is 420. The first-order chi connectivity index (χ1) is 9.89.